The van der Waals surface area contributed by atoms with Crippen LogP contribution in [0, 0.1) is 5.82 Å². The van der Waals surface area contributed by atoms with Crippen LogP contribution in [0.25, 0.3) is 11.0 Å². The first-order valence-electron chi connectivity index (χ1n) is 5.99. The van der Waals surface area contributed by atoms with Gasteiger partial charge in [0.1, 0.15) is 11.4 Å². The molecule has 0 saturated carbocycles. The van der Waals surface area contributed by atoms with Crippen molar-refractivity contribution < 1.29 is 8.81 Å². The van der Waals surface area contributed by atoms with Crippen LogP contribution in [0.3, 0.4) is 0 Å². The molecule has 5 heteroatoms. The molecule has 1 heterocycles. The Kier molecular flexibility index (Phi) is 3.55. The Bertz CT molecular complexity index is 749. The molecule has 20 heavy (non-hydrogen) atoms. The van der Waals surface area contributed by atoms with Gasteiger partial charge in [-0.15, -0.1) is 0 Å². The molecule has 0 aliphatic carbocycles. The minimum atomic E-state index is -0.386. The summed E-state index contributed by atoms with van der Waals surface area (Å²) < 4.78 is 18.7. The average molecular weight is 310 g/mol. The fraction of sp³-hybridized carbons (Fsp3) is 0.0667. The van der Waals surface area contributed by atoms with Gasteiger partial charge < -0.3 is 9.73 Å². The van der Waals surface area contributed by atoms with Crippen LogP contribution in [0.1, 0.15) is 5.56 Å². The molecule has 0 aliphatic rings. The molecule has 2 nitrogen and oxygen atoms in total. The highest BCUT2D eigenvalue weighted by Crippen LogP contribution is 2.30. The van der Waals surface area contributed by atoms with E-state index in [1.54, 1.807) is 6.07 Å². The molecule has 0 bridgehead atoms. The third kappa shape index (κ3) is 2.60. The van der Waals surface area contributed by atoms with Gasteiger partial charge in [-0.3, -0.25) is 0 Å². The quantitative estimate of drug-likeness (QED) is 0.692. The number of halogens is 3. The van der Waals surface area contributed by atoms with Crippen LogP contribution in [0.2, 0.25) is 10.2 Å². The Morgan fingerprint density at radius 2 is 1.90 bits per heavy atom. The first-order chi connectivity index (χ1) is 9.63. The van der Waals surface area contributed by atoms with E-state index in [9.17, 15) is 4.39 Å². The van der Waals surface area contributed by atoms with E-state index in [1.165, 1.54) is 12.1 Å². The normalized spacial score (nSPS) is 10.9. The number of anilines is 1. The molecule has 0 atom stereocenters. The Labute approximate surface area is 125 Å². The van der Waals surface area contributed by atoms with Crippen molar-refractivity contribution in [2.24, 2.45) is 0 Å². The molecule has 1 N–H and O–H groups in total. The van der Waals surface area contributed by atoms with Crippen molar-refractivity contribution in [1.82, 2.24) is 0 Å². The van der Waals surface area contributed by atoms with Crippen molar-refractivity contribution in [3.63, 3.8) is 0 Å². The summed E-state index contributed by atoms with van der Waals surface area (Å²) in [7, 11) is 0. The number of benzene rings is 2. The highest BCUT2D eigenvalue weighted by Gasteiger charge is 2.11. The van der Waals surface area contributed by atoms with Crippen molar-refractivity contribution in [2.45, 2.75) is 6.54 Å². The zero-order chi connectivity index (χ0) is 14.1. The van der Waals surface area contributed by atoms with Crippen LogP contribution in [-0.4, -0.2) is 0 Å². The largest absolute Gasteiger partial charge is 0.444 e. The van der Waals surface area contributed by atoms with Gasteiger partial charge in [0.2, 0.25) is 0 Å². The van der Waals surface area contributed by atoms with Gasteiger partial charge in [0, 0.05) is 28.2 Å². The summed E-state index contributed by atoms with van der Waals surface area (Å²) in [5.74, 6) is -0.386. The maximum atomic E-state index is 13.3. The lowest BCUT2D eigenvalue weighted by atomic mass is 10.2. The molecule has 102 valence electrons. The summed E-state index contributed by atoms with van der Waals surface area (Å²) in [4.78, 5) is 0. The smallest absolute Gasteiger partial charge is 0.199 e. The summed E-state index contributed by atoms with van der Waals surface area (Å²) in [6, 6.07) is 11.9. The highest BCUT2D eigenvalue weighted by atomic mass is 35.5. The van der Waals surface area contributed by atoms with E-state index < -0.39 is 0 Å². The maximum Gasteiger partial charge on any atom is 0.199 e. The second-order valence-electron chi connectivity index (χ2n) is 4.36. The van der Waals surface area contributed by atoms with Gasteiger partial charge in [-0.25, -0.2) is 4.39 Å². The Morgan fingerprint density at radius 3 is 2.70 bits per heavy atom. The first kappa shape index (κ1) is 13.3. The lowest BCUT2D eigenvalue weighted by Crippen LogP contribution is -1.99. The number of para-hydroxylation sites is 1. The Morgan fingerprint density at radius 1 is 1.10 bits per heavy atom. The lowest BCUT2D eigenvalue weighted by molar-refractivity contribution is 0.613. The number of hydrogen-bond acceptors (Lipinski definition) is 2. The molecule has 1 aromatic heterocycles. The van der Waals surface area contributed by atoms with Crippen LogP contribution >= 0.6 is 23.2 Å². The lowest BCUT2D eigenvalue weighted by Gasteiger charge is -2.06. The molecule has 3 aromatic rings. The van der Waals surface area contributed by atoms with Crippen LogP contribution in [0.4, 0.5) is 10.1 Å². The van der Waals surface area contributed by atoms with Gasteiger partial charge in [0.15, 0.2) is 5.22 Å². The van der Waals surface area contributed by atoms with E-state index in [4.69, 9.17) is 27.6 Å². The molecule has 0 saturated heterocycles. The maximum absolute atomic E-state index is 13.3. The van der Waals surface area contributed by atoms with E-state index in [0.717, 1.165) is 16.5 Å². The third-order valence-electron chi connectivity index (χ3n) is 2.98. The fourth-order valence-corrected chi connectivity index (χ4v) is 2.55. The molecule has 0 aliphatic heterocycles. The number of furan rings is 1. The van der Waals surface area contributed by atoms with Crippen LogP contribution in [-0.2, 0) is 6.54 Å². The summed E-state index contributed by atoms with van der Waals surface area (Å²) in [5, 5.41) is 4.71. The second-order valence-corrected chi connectivity index (χ2v) is 5.14. The standard InChI is InChI=1S/C15H10Cl2FNO/c16-9-5-10(18)7-11(6-9)19-8-13-12-3-1-2-4-14(12)20-15(13)17/h1-7,19H,8H2. The predicted molar refractivity (Wildman–Crippen MR) is 80.0 cm³/mol. The van der Waals surface area contributed by atoms with Gasteiger partial charge in [-0.05, 0) is 35.9 Å². The molecule has 2 aromatic carbocycles. The van der Waals surface area contributed by atoms with Crippen molar-refractivity contribution >= 4 is 39.9 Å². The van der Waals surface area contributed by atoms with Crippen molar-refractivity contribution in [3.05, 3.63) is 64.1 Å². The van der Waals surface area contributed by atoms with E-state index in [0.29, 0.717) is 22.5 Å². The zero-order valence-corrected chi connectivity index (χ0v) is 11.8. The summed E-state index contributed by atoms with van der Waals surface area (Å²) in [6.45, 7) is 0.426. The van der Waals surface area contributed by atoms with E-state index in [1.807, 2.05) is 24.3 Å². The molecule has 3 rings (SSSR count). The van der Waals surface area contributed by atoms with E-state index in [-0.39, 0.29) is 5.82 Å². The number of hydrogen-bond donors (Lipinski definition) is 1. The summed E-state index contributed by atoms with van der Waals surface area (Å²) >= 11 is 11.9. The van der Waals surface area contributed by atoms with Gasteiger partial charge in [0.25, 0.3) is 0 Å². The van der Waals surface area contributed by atoms with Gasteiger partial charge in [0.05, 0.1) is 0 Å². The first-order valence-corrected chi connectivity index (χ1v) is 6.75. The third-order valence-corrected chi connectivity index (χ3v) is 3.50. The molecule has 0 fully saturated rings. The summed E-state index contributed by atoms with van der Waals surface area (Å²) in [5.41, 5.74) is 2.16. The zero-order valence-electron chi connectivity index (χ0n) is 10.3. The summed E-state index contributed by atoms with van der Waals surface area (Å²) in [6.07, 6.45) is 0. The second kappa shape index (κ2) is 5.35. The van der Waals surface area contributed by atoms with Crippen LogP contribution in [0.15, 0.2) is 46.9 Å². The van der Waals surface area contributed by atoms with Crippen molar-refractivity contribution in [2.75, 3.05) is 5.32 Å². The fourth-order valence-electron chi connectivity index (χ4n) is 2.08. The van der Waals surface area contributed by atoms with E-state index >= 15 is 0 Å². The SMILES string of the molecule is Fc1cc(Cl)cc(NCc2c(Cl)oc3ccccc23)c1. The molecular weight excluding hydrogens is 300 g/mol. The molecule has 0 spiro atoms. The van der Waals surface area contributed by atoms with Crippen molar-refractivity contribution in [1.29, 1.82) is 0 Å². The van der Waals surface area contributed by atoms with Gasteiger partial charge >= 0.3 is 0 Å². The van der Waals surface area contributed by atoms with E-state index in [2.05, 4.69) is 5.32 Å². The van der Waals surface area contributed by atoms with Gasteiger partial charge in [-0.1, -0.05) is 29.8 Å². The van der Waals surface area contributed by atoms with Crippen LogP contribution < -0.4 is 5.32 Å². The minimum absolute atomic E-state index is 0.334. The Balaban J connectivity index is 1.88. The molecular formula is C15H10Cl2FNO. The number of fused-ring (bicyclic) bond motifs is 1. The predicted octanol–water partition coefficient (Wildman–Crippen LogP) is 5.49. The highest BCUT2D eigenvalue weighted by molar-refractivity contribution is 6.31. The van der Waals surface area contributed by atoms with Crippen molar-refractivity contribution in [3.8, 4) is 0 Å². The molecule has 0 amide bonds. The van der Waals surface area contributed by atoms with Crippen LogP contribution in [0.5, 0.6) is 0 Å². The average Bonchev–Trinajstić information content (AvgIpc) is 2.71. The number of rotatable bonds is 3. The molecule has 0 unspecified atom stereocenters. The topological polar surface area (TPSA) is 25.2 Å². The molecule has 0 radical (unpaired) electrons. The number of nitrogens with one attached hydrogen (secondary N) is 1. The monoisotopic (exact) mass is 309 g/mol. The van der Waals surface area contributed by atoms with Gasteiger partial charge in [-0.2, -0.15) is 0 Å². The minimum Gasteiger partial charge on any atom is -0.444 e. The Hall–Kier alpha value is -1.71.